The fraction of sp³-hybridized carbons (Fsp3) is 0.250. The molecule has 1 heteroatoms. The van der Waals surface area contributed by atoms with Crippen molar-refractivity contribution in [3.63, 3.8) is 0 Å². The molecule has 0 heterocycles. The molecule has 3 rings (SSSR count). The van der Waals surface area contributed by atoms with Gasteiger partial charge in [0.1, 0.15) is 0 Å². The van der Waals surface area contributed by atoms with Crippen LogP contribution in [-0.2, 0) is 6.42 Å². The van der Waals surface area contributed by atoms with Gasteiger partial charge in [0.25, 0.3) is 0 Å². The average molecular weight is 245 g/mol. The normalized spacial score (nSPS) is 16.9. The van der Waals surface area contributed by atoms with Crippen LogP contribution in [0.1, 0.15) is 30.4 Å². The van der Waals surface area contributed by atoms with Crippen LogP contribution >= 0.6 is 11.6 Å². The molecule has 0 saturated heterocycles. The minimum Gasteiger partial charge on any atom is -0.0843 e. The maximum atomic E-state index is 5.54. The summed E-state index contributed by atoms with van der Waals surface area (Å²) in [6.07, 6.45) is 2.64. The topological polar surface area (TPSA) is 0 Å². The summed E-state index contributed by atoms with van der Waals surface area (Å²) in [6, 6.07) is 18.2. The largest absolute Gasteiger partial charge is 0.0843 e. The molecule has 1 unspecified atom stereocenters. The van der Waals surface area contributed by atoms with Crippen LogP contribution in [0.3, 0.4) is 0 Å². The molecule has 0 aliphatic heterocycles. The van der Waals surface area contributed by atoms with Gasteiger partial charge in [0.05, 0.1) is 0 Å². The maximum absolute atomic E-state index is 5.54. The van der Waals surface area contributed by atoms with E-state index in [0.29, 0.717) is 0 Å². The lowest BCUT2D eigenvalue weighted by Crippen LogP contribution is -1.83. The van der Waals surface area contributed by atoms with E-state index in [1.165, 1.54) is 12.8 Å². The second-order valence-electron chi connectivity index (χ2n) is 4.43. The summed E-state index contributed by atoms with van der Waals surface area (Å²) in [5, 5.41) is 0.794. The minimum absolute atomic E-state index is 0.794. The third kappa shape index (κ3) is 3.34. The first-order chi connectivity index (χ1) is 8.27. The van der Waals surface area contributed by atoms with Gasteiger partial charge < -0.3 is 0 Å². The number of hydrogen-bond acceptors (Lipinski definition) is 0. The molecule has 1 aliphatic rings. The fourth-order valence-electron chi connectivity index (χ4n) is 2.18. The van der Waals surface area contributed by atoms with Crippen LogP contribution in [0.2, 0.25) is 5.02 Å². The molecule has 0 fully saturated rings. The summed E-state index contributed by atoms with van der Waals surface area (Å²) in [6.45, 7) is 2.31. The van der Waals surface area contributed by atoms with Gasteiger partial charge in [-0.1, -0.05) is 61.0 Å². The highest BCUT2D eigenvalue weighted by atomic mass is 35.5. The Morgan fingerprint density at radius 1 is 0.941 bits per heavy atom. The van der Waals surface area contributed by atoms with Gasteiger partial charge in [0.15, 0.2) is 0 Å². The molecule has 2 aromatic carbocycles. The zero-order valence-corrected chi connectivity index (χ0v) is 10.8. The van der Waals surface area contributed by atoms with Gasteiger partial charge in [-0.05, 0) is 42.0 Å². The van der Waals surface area contributed by atoms with Crippen molar-refractivity contribution in [2.45, 2.75) is 25.7 Å². The average Bonchev–Trinajstić information content (AvgIpc) is 2.74. The number of benzene rings is 2. The Kier molecular flexibility index (Phi) is 4.22. The lowest BCUT2D eigenvalue weighted by molar-refractivity contribution is 0.747. The van der Waals surface area contributed by atoms with Crippen LogP contribution < -0.4 is 0 Å². The van der Waals surface area contributed by atoms with Crippen molar-refractivity contribution in [3.8, 4) is 0 Å². The van der Waals surface area contributed by atoms with E-state index in [-0.39, 0.29) is 0 Å². The number of hydrogen-bond donors (Lipinski definition) is 0. The summed E-state index contributed by atoms with van der Waals surface area (Å²) in [7, 11) is 0. The number of halogens is 1. The van der Waals surface area contributed by atoms with E-state index in [9.17, 15) is 0 Å². The molecule has 0 nitrogen and oxygen atoms in total. The van der Waals surface area contributed by atoms with Crippen molar-refractivity contribution in [2.75, 3.05) is 0 Å². The summed E-state index contributed by atoms with van der Waals surface area (Å²) < 4.78 is 0. The van der Waals surface area contributed by atoms with E-state index >= 15 is 0 Å². The molecule has 0 radical (unpaired) electrons. The highest BCUT2D eigenvalue weighted by Gasteiger charge is 2.16. The first-order valence-corrected chi connectivity index (χ1v) is 6.43. The lowest BCUT2D eigenvalue weighted by Gasteiger charge is -2.01. The second-order valence-corrected chi connectivity index (χ2v) is 4.87. The summed E-state index contributed by atoms with van der Waals surface area (Å²) >= 11 is 5.54. The molecule has 1 atom stereocenters. The predicted molar refractivity (Wildman–Crippen MR) is 74.6 cm³/mol. The van der Waals surface area contributed by atoms with Gasteiger partial charge in [-0.3, -0.25) is 0 Å². The Labute approximate surface area is 108 Å². The van der Waals surface area contributed by atoms with E-state index in [1.807, 2.05) is 30.3 Å². The Morgan fingerprint density at radius 2 is 1.59 bits per heavy atom. The first-order valence-electron chi connectivity index (χ1n) is 6.05. The zero-order valence-electron chi connectivity index (χ0n) is 10.1. The SMILES string of the molecule is CC1CCc2ccccc21.Clc1ccccc1. The van der Waals surface area contributed by atoms with E-state index in [0.717, 1.165) is 10.9 Å². The lowest BCUT2D eigenvalue weighted by atomic mass is 10.0. The Balaban J connectivity index is 0.000000136. The summed E-state index contributed by atoms with van der Waals surface area (Å²) in [4.78, 5) is 0. The van der Waals surface area contributed by atoms with Gasteiger partial charge in [-0.15, -0.1) is 0 Å². The molecule has 1 aliphatic carbocycles. The highest BCUT2D eigenvalue weighted by Crippen LogP contribution is 2.31. The van der Waals surface area contributed by atoms with E-state index in [1.54, 1.807) is 11.1 Å². The van der Waals surface area contributed by atoms with Crippen LogP contribution in [0, 0.1) is 0 Å². The molecule has 88 valence electrons. The van der Waals surface area contributed by atoms with Gasteiger partial charge >= 0.3 is 0 Å². The van der Waals surface area contributed by atoms with E-state index < -0.39 is 0 Å². The molecule has 0 amide bonds. The molecule has 17 heavy (non-hydrogen) atoms. The second kappa shape index (κ2) is 5.88. The summed E-state index contributed by atoms with van der Waals surface area (Å²) in [5.41, 5.74) is 3.14. The van der Waals surface area contributed by atoms with Crippen molar-refractivity contribution in [1.29, 1.82) is 0 Å². The molecule has 0 saturated carbocycles. The van der Waals surface area contributed by atoms with Crippen LogP contribution in [0.15, 0.2) is 54.6 Å². The molecular formula is C16H17Cl. The number of aryl methyl sites for hydroxylation is 1. The van der Waals surface area contributed by atoms with Crippen molar-refractivity contribution in [2.24, 2.45) is 0 Å². The minimum atomic E-state index is 0.794. The highest BCUT2D eigenvalue weighted by molar-refractivity contribution is 6.30. The molecule has 0 spiro atoms. The first kappa shape index (κ1) is 12.2. The van der Waals surface area contributed by atoms with E-state index in [2.05, 4.69) is 31.2 Å². The standard InChI is InChI=1S/C10H12.C6H5Cl/c1-8-6-7-9-4-2-3-5-10(8)9;7-6-4-2-1-3-5-6/h2-5,8H,6-7H2,1H3;1-5H. The molecule has 0 N–H and O–H groups in total. The third-order valence-corrected chi connectivity index (χ3v) is 3.42. The monoisotopic (exact) mass is 244 g/mol. The fourth-order valence-corrected chi connectivity index (χ4v) is 2.33. The van der Waals surface area contributed by atoms with Crippen molar-refractivity contribution < 1.29 is 0 Å². The van der Waals surface area contributed by atoms with Gasteiger partial charge in [0.2, 0.25) is 0 Å². The quantitative estimate of drug-likeness (QED) is 0.607. The van der Waals surface area contributed by atoms with Crippen molar-refractivity contribution in [3.05, 3.63) is 70.7 Å². The van der Waals surface area contributed by atoms with Crippen LogP contribution in [0.25, 0.3) is 0 Å². The molecular weight excluding hydrogens is 228 g/mol. The molecule has 0 aromatic heterocycles. The molecule has 0 bridgehead atoms. The Hall–Kier alpha value is -1.27. The third-order valence-electron chi connectivity index (χ3n) is 3.17. The van der Waals surface area contributed by atoms with Crippen molar-refractivity contribution in [1.82, 2.24) is 0 Å². The maximum Gasteiger partial charge on any atom is 0.0405 e. The van der Waals surface area contributed by atoms with Crippen LogP contribution in [-0.4, -0.2) is 0 Å². The predicted octanol–water partition coefficient (Wildman–Crippen LogP) is 5.08. The van der Waals surface area contributed by atoms with Gasteiger partial charge in [0, 0.05) is 5.02 Å². The molecule has 2 aromatic rings. The van der Waals surface area contributed by atoms with Crippen LogP contribution in [0.4, 0.5) is 0 Å². The van der Waals surface area contributed by atoms with Gasteiger partial charge in [-0.25, -0.2) is 0 Å². The van der Waals surface area contributed by atoms with Crippen molar-refractivity contribution >= 4 is 11.6 Å². The number of fused-ring (bicyclic) bond motifs is 1. The van der Waals surface area contributed by atoms with E-state index in [4.69, 9.17) is 11.6 Å². The van der Waals surface area contributed by atoms with Gasteiger partial charge in [-0.2, -0.15) is 0 Å². The summed E-state index contributed by atoms with van der Waals surface area (Å²) in [5.74, 6) is 0.802. The number of rotatable bonds is 0. The van der Waals surface area contributed by atoms with Crippen LogP contribution in [0.5, 0.6) is 0 Å². The zero-order chi connectivity index (χ0) is 12.1. The smallest absolute Gasteiger partial charge is 0.0405 e. The Bertz CT molecular complexity index is 462. The Morgan fingerprint density at radius 3 is 2.18 bits per heavy atom.